The predicted octanol–water partition coefficient (Wildman–Crippen LogP) is -1.12. The van der Waals surface area contributed by atoms with E-state index < -0.39 is 0 Å². The lowest BCUT2D eigenvalue weighted by Gasteiger charge is -2.29. The molecule has 0 saturated carbocycles. The van der Waals surface area contributed by atoms with Crippen molar-refractivity contribution in [3.8, 4) is 0 Å². The van der Waals surface area contributed by atoms with Gasteiger partial charge in [-0.3, -0.25) is 0 Å². The quantitative estimate of drug-likeness (QED) is 0.472. The highest BCUT2D eigenvalue weighted by Gasteiger charge is 2.13. The number of aliphatic hydroxyl groups is 1. The molecular weight excluding hydrogens is 116 g/mol. The number of likely N-dealkylation sites (N-methyl/N-ethyl adjacent to an activating group) is 1. The Morgan fingerprint density at radius 1 is 1.78 bits per heavy atom. The molecule has 0 unspecified atom stereocenters. The standard InChI is InChI=1S/C6H14N2O/c1-8-3-2-7-6(4-8)5-9/h6-7,9H,2-5H2,1H3/t6-/m0/s1. The zero-order chi connectivity index (χ0) is 6.69. The molecule has 0 aromatic carbocycles. The van der Waals surface area contributed by atoms with E-state index in [0.29, 0.717) is 6.04 Å². The van der Waals surface area contributed by atoms with Gasteiger partial charge in [0.15, 0.2) is 0 Å². The van der Waals surface area contributed by atoms with E-state index in [1.807, 2.05) is 0 Å². The van der Waals surface area contributed by atoms with Gasteiger partial charge < -0.3 is 15.3 Å². The van der Waals surface area contributed by atoms with Crippen LogP contribution in [0.15, 0.2) is 0 Å². The maximum absolute atomic E-state index is 8.72. The smallest absolute Gasteiger partial charge is 0.0597 e. The van der Waals surface area contributed by atoms with Crippen molar-refractivity contribution in [2.45, 2.75) is 6.04 Å². The van der Waals surface area contributed by atoms with Crippen molar-refractivity contribution in [1.29, 1.82) is 0 Å². The summed E-state index contributed by atoms with van der Waals surface area (Å²) in [5, 5.41) is 11.9. The maximum atomic E-state index is 8.72. The third-order valence-electron chi connectivity index (χ3n) is 1.68. The van der Waals surface area contributed by atoms with Gasteiger partial charge in [-0.25, -0.2) is 0 Å². The second-order valence-corrected chi connectivity index (χ2v) is 2.60. The molecule has 0 bridgehead atoms. The molecular formula is C6H14N2O. The minimum atomic E-state index is 0.254. The second-order valence-electron chi connectivity index (χ2n) is 2.60. The number of hydrogen-bond donors (Lipinski definition) is 2. The molecule has 1 aliphatic rings. The van der Waals surface area contributed by atoms with E-state index >= 15 is 0 Å². The Kier molecular flexibility index (Phi) is 2.45. The normalized spacial score (nSPS) is 30.7. The largest absolute Gasteiger partial charge is 0.395 e. The Morgan fingerprint density at radius 3 is 3.00 bits per heavy atom. The van der Waals surface area contributed by atoms with E-state index in [1.165, 1.54) is 0 Å². The molecule has 3 heteroatoms. The Morgan fingerprint density at radius 2 is 2.56 bits per heavy atom. The Balaban J connectivity index is 2.23. The number of nitrogens with zero attached hydrogens (tertiary/aromatic N) is 1. The number of hydrogen-bond acceptors (Lipinski definition) is 3. The third kappa shape index (κ3) is 1.93. The minimum absolute atomic E-state index is 0.254. The highest BCUT2D eigenvalue weighted by Crippen LogP contribution is 1.93. The lowest BCUT2D eigenvalue weighted by atomic mass is 10.2. The molecule has 2 N–H and O–H groups in total. The molecule has 1 atom stereocenters. The molecule has 1 aliphatic heterocycles. The molecule has 54 valence electrons. The number of rotatable bonds is 1. The molecule has 0 spiro atoms. The van der Waals surface area contributed by atoms with Gasteiger partial charge >= 0.3 is 0 Å². The van der Waals surface area contributed by atoms with Crippen molar-refractivity contribution < 1.29 is 5.11 Å². The Hall–Kier alpha value is -0.120. The molecule has 0 radical (unpaired) electrons. The molecule has 9 heavy (non-hydrogen) atoms. The van der Waals surface area contributed by atoms with Crippen molar-refractivity contribution in [2.75, 3.05) is 33.3 Å². The van der Waals surface area contributed by atoms with Crippen LogP contribution in [0.3, 0.4) is 0 Å². The summed E-state index contributed by atoms with van der Waals surface area (Å²) in [5.74, 6) is 0. The number of piperazine rings is 1. The average molecular weight is 130 g/mol. The van der Waals surface area contributed by atoms with E-state index in [2.05, 4.69) is 17.3 Å². The summed E-state index contributed by atoms with van der Waals surface area (Å²) < 4.78 is 0. The third-order valence-corrected chi connectivity index (χ3v) is 1.68. The lowest BCUT2D eigenvalue weighted by molar-refractivity contribution is 0.168. The molecule has 1 fully saturated rings. The SMILES string of the molecule is CN1CCN[C@H](CO)C1. The summed E-state index contributed by atoms with van der Waals surface area (Å²) >= 11 is 0. The fourth-order valence-corrected chi connectivity index (χ4v) is 1.11. The zero-order valence-electron chi connectivity index (χ0n) is 5.80. The summed E-state index contributed by atoms with van der Waals surface area (Å²) in [6.07, 6.45) is 0. The molecule has 0 aliphatic carbocycles. The molecule has 1 heterocycles. The van der Waals surface area contributed by atoms with Crippen LogP contribution in [0.4, 0.5) is 0 Å². The highest BCUT2D eigenvalue weighted by atomic mass is 16.3. The number of nitrogens with one attached hydrogen (secondary N) is 1. The van der Waals surface area contributed by atoms with E-state index in [9.17, 15) is 0 Å². The van der Waals surface area contributed by atoms with Gasteiger partial charge in [0, 0.05) is 25.7 Å². The van der Waals surface area contributed by atoms with Gasteiger partial charge in [0.2, 0.25) is 0 Å². The summed E-state index contributed by atoms with van der Waals surface area (Å²) in [5.41, 5.74) is 0. The zero-order valence-corrected chi connectivity index (χ0v) is 5.80. The Labute approximate surface area is 55.7 Å². The molecule has 3 nitrogen and oxygen atoms in total. The second kappa shape index (κ2) is 3.15. The topological polar surface area (TPSA) is 35.5 Å². The van der Waals surface area contributed by atoms with Crippen molar-refractivity contribution in [2.24, 2.45) is 0 Å². The van der Waals surface area contributed by atoms with E-state index in [4.69, 9.17) is 5.11 Å². The first-order chi connectivity index (χ1) is 4.33. The van der Waals surface area contributed by atoms with Crippen LogP contribution in [-0.2, 0) is 0 Å². The van der Waals surface area contributed by atoms with Gasteiger partial charge in [-0.2, -0.15) is 0 Å². The monoisotopic (exact) mass is 130 g/mol. The van der Waals surface area contributed by atoms with E-state index in [0.717, 1.165) is 19.6 Å². The Bertz CT molecular complexity index is 87.1. The van der Waals surface area contributed by atoms with Crippen LogP contribution >= 0.6 is 0 Å². The fourth-order valence-electron chi connectivity index (χ4n) is 1.11. The maximum Gasteiger partial charge on any atom is 0.0597 e. The predicted molar refractivity (Wildman–Crippen MR) is 36.4 cm³/mol. The average Bonchev–Trinajstić information content (AvgIpc) is 1.88. The molecule has 1 rings (SSSR count). The summed E-state index contributed by atoms with van der Waals surface area (Å²) in [6.45, 7) is 3.32. The van der Waals surface area contributed by atoms with E-state index in [1.54, 1.807) is 0 Å². The highest BCUT2D eigenvalue weighted by molar-refractivity contribution is 4.75. The summed E-state index contributed by atoms with van der Waals surface area (Å²) in [6, 6.07) is 0.295. The van der Waals surface area contributed by atoms with Crippen LogP contribution in [0.5, 0.6) is 0 Å². The summed E-state index contributed by atoms with van der Waals surface area (Å²) in [7, 11) is 2.07. The van der Waals surface area contributed by atoms with Crippen LogP contribution in [-0.4, -0.2) is 49.3 Å². The minimum Gasteiger partial charge on any atom is -0.395 e. The van der Waals surface area contributed by atoms with Gasteiger partial charge in [-0.05, 0) is 7.05 Å². The van der Waals surface area contributed by atoms with Crippen LogP contribution in [0.25, 0.3) is 0 Å². The summed E-state index contributed by atoms with van der Waals surface area (Å²) in [4.78, 5) is 2.22. The van der Waals surface area contributed by atoms with Crippen LogP contribution < -0.4 is 5.32 Å². The van der Waals surface area contributed by atoms with Crippen molar-refractivity contribution in [3.63, 3.8) is 0 Å². The first kappa shape index (κ1) is 6.99. The van der Waals surface area contributed by atoms with Gasteiger partial charge in [0.1, 0.15) is 0 Å². The first-order valence-corrected chi connectivity index (χ1v) is 3.35. The van der Waals surface area contributed by atoms with E-state index in [-0.39, 0.29) is 6.61 Å². The van der Waals surface area contributed by atoms with Gasteiger partial charge in [0.05, 0.1) is 6.61 Å². The van der Waals surface area contributed by atoms with Crippen LogP contribution in [0.1, 0.15) is 0 Å². The van der Waals surface area contributed by atoms with Gasteiger partial charge in [0.25, 0.3) is 0 Å². The molecule has 1 saturated heterocycles. The fraction of sp³-hybridized carbons (Fsp3) is 1.00. The van der Waals surface area contributed by atoms with Gasteiger partial charge in [-0.15, -0.1) is 0 Å². The lowest BCUT2D eigenvalue weighted by Crippen LogP contribution is -2.50. The molecule has 0 amide bonds. The molecule has 0 aromatic heterocycles. The molecule has 0 aromatic rings. The van der Waals surface area contributed by atoms with Crippen LogP contribution in [0, 0.1) is 0 Å². The number of aliphatic hydroxyl groups excluding tert-OH is 1. The van der Waals surface area contributed by atoms with Gasteiger partial charge in [-0.1, -0.05) is 0 Å². The van der Waals surface area contributed by atoms with Crippen molar-refractivity contribution in [3.05, 3.63) is 0 Å². The first-order valence-electron chi connectivity index (χ1n) is 3.35. The van der Waals surface area contributed by atoms with Crippen LogP contribution in [0.2, 0.25) is 0 Å². The van der Waals surface area contributed by atoms with Crippen molar-refractivity contribution >= 4 is 0 Å². The van der Waals surface area contributed by atoms with Crippen molar-refractivity contribution in [1.82, 2.24) is 10.2 Å².